The molecule has 0 radical (unpaired) electrons. The van der Waals surface area contributed by atoms with Crippen LogP contribution in [0.25, 0.3) is 16.7 Å². The van der Waals surface area contributed by atoms with Crippen LogP contribution in [0.1, 0.15) is 13.8 Å². The summed E-state index contributed by atoms with van der Waals surface area (Å²) in [7, 11) is 1.66. The fourth-order valence-corrected chi connectivity index (χ4v) is 3.24. The average Bonchev–Trinajstić information content (AvgIpc) is 3.20. The van der Waals surface area contributed by atoms with Gasteiger partial charge in [0.05, 0.1) is 24.4 Å². The zero-order valence-electron chi connectivity index (χ0n) is 16.8. The third-order valence-electron chi connectivity index (χ3n) is 4.80. The molecule has 0 saturated carbocycles. The Labute approximate surface area is 170 Å². The summed E-state index contributed by atoms with van der Waals surface area (Å²) in [5, 5.41) is 8.86. The van der Waals surface area contributed by atoms with Crippen LogP contribution in [-0.4, -0.2) is 39.9 Å². The van der Waals surface area contributed by atoms with Crippen LogP contribution in [0.4, 0.5) is 17.5 Å². The van der Waals surface area contributed by atoms with E-state index in [1.807, 2.05) is 59.3 Å². The summed E-state index contributed by atoms with van der Waals surface area (Å²) < 4.78 is 7.19. The fraction of sp³-hybridized carbons (Fsp3) is 0.227. The number of ether oxygens (including phenoxy) is 1. The quantitative estimate of drug-likeness (QED) is 0.506. The molecule has 0 saturated heterocycles. The third kappa shape index (κ3) is 3.71. The van der Waals surface area contributed by atoms with Gasteiger partial charge in [-0.3, -0.25) is 0 Å². The summed E-state index contributed by atoms with van der Waals surface area (Å²) in [6, 6.07) is 17.8. The lowest BCUT2D eigenvalue weighted by atomic mass is 10.3. The van der Waals surface area contributed by atoms with Gasteiger partial charge >= 0.3 is 0 Å². The van der Waals surface area contributed by atoms with E-state index in [9.17, 15) is 0 Å². The van der Waals surface area contributed by atoms with Crippen molar-refractivity contribution in [3.05, 3.63) is 60.8 Å². The van der Waals surface area contributed by atoms with Crippen molar-refractivity contribution in [3.8, 4) is 11.4 Å². The van der Waals surface area contributed by atoms with E-state index in [-0.39, 0.29) is 0 Å². The molecule has 0 atom stereocenters. The molecule has 0 spiro atoms. The first-order valence-corrected chi connectivity index (χ1v) is 9.70. The summed E-state index contributed by atoms with van der Waals surface area (Å²) in [5.41, 5.74) is 2.61. The Balaban J connectivity index is 1.86. The zero-order chi connectivity index (χ0) is 20.2. The van der Waals surface area contributed by atoms with E-state index in [1.54, 1.807) is 13.3 Å². The highest BCUT2D eigenvalue weighted by molar-refractivity contribution is 5.90. The SMILES string of the molecule is CCN(CC)c1nc(Nc2cccc(OC)c2)c2cnn(-c3ccccc3)c2n1. The van der Waals surface area contributed by atoms with Crippen LogP contribution in [0.15, 0.2) is 60.8 Å². The van der Waals surface area contributed by atoms with Crippen LogP contribution >= 0.6 is 0 Å². The van der Waals surface area contributed by atoms with Gasteiger partial charge in [-0.15, -0.1) is 0 Å². The maximum Gasteiger partial charge on any atom is 0.229 e. The summed E-state index contributed by atoms with van der Waals surface area (Å²) in [6.45, 7) is 5.83. The predicted octanol–water partition coefficient (Wildman–Crippen LogP) is 4.41. The van der Waals surface area contributed by atoms with Crippen molar-refractivity contribution in [3.63, 3.8) is 0 Å². The van der Waals surface area contributed by atoms with E-state index in [1.165, 1.54) is 0 Å². The molecule has 2 aromatic heterocycles. The van der Waals surface area contributed by atoms with Crippen LogP contribution in [-0.2, 0) is 0 Å². The topological polar surface area (TPSA) is 68.1 Å². The first-order chi connectivity index (χ1) is 14.2. The molecule has 0 amide bonds. The highest BCUT2D eigenvalue weighted by atomic mass is 16.5. The molecular weight excluding hydrogens is 364 g/mol. The first kappa shape index (κ1) is 18.7. The summed E-state index contributed by atoms with van der Waals surface area (Å²) in [6.07, 6.45) is 1.80. The van der Waals surface area contributed by atoms with Crippen molar-refractivity contribution in [1.29, 1.82) is 0 Å². The van der Waals surface area contributed by atoms with Crippen LogP contribution in [0.5, 0.6) is 5.75 Å². The van der Waals surface area contributed by atoms with Crippen LogP contribution < -0.4 is 15.0 Å². The average molecular weight is 388 g/mol. The smallest absolute Gasteiger partial charge is 0.229 e. The molecule has 0 aliphatic heterocycles. The second kappa shape index (κ2) is 8.18. The first-order valence-electron chi connectivity index (χ1n) is 9.70. The molecule has 0 unspecified atom stereocenters. The predicted molar refractivity (Wildman–Crippen MR) is 116 cm³/mol. The molecule has 4 rings (SSSR count). The van der Waals surface area contributed by atoms with Gasteiger partial charge in [0, 0.05) is 24.8 Å². The molecular formula is C22H24N6O. The number of hydrogen-bond donors (Lipinski definition) is 1. The second-order valence-corrected chi connectivity index (χ2v) is 6.53. The second-order valence-electron chi connectivity index (χ2n) is 6.53. The Morgan fingerprint density at radius 1 is 1.00 bits per heavy atom. The van der Waals surface area contributed by atoms with E-state index in [0.717, 1.165) is 41.2 Å². The molecule has 7 heteroatoms. The molecule has 1 N–H and O–H groups in total. The number of nitrogens with one attached hydrogen (secondary N) is 1. The third-order valence-corrected chi connectivity index (χ3v) is 4.80. The van der Waals surface area contributed by atoms with E-state index in [0.29, 0.717) is 11.8 Å². The monoisotopic (exact) mass is 388 g/mol. The van der Waals surface area contributed by atoms with Crippen molar-refractivity contribution in [1.82, 2.24) is 19.7 Å². The van der Waals surface area contributed by atoms with Crippen LogP contribution in [0.2, 0.25) is 0 Å². The van der Waals surface area contributed by atoms with Gasteiger partial charge in [-0.05, 0) is 38.1 Å². The van der Waals surface area contributed by atoms with Crippen molar-refractivity contribution in [2.75, 3.05) is 30.4 Å². The Morgan fingerprint density at radius 2 is 1.79 bits per heavy atom. The molecule has 29 heavy (non-hydrogen) atoms. The Morgan fingerprint density at radius 3 is 2.52 bits per heavy atom. The van der Waals surface area contributed by atoms with Gasteiger partial charge in [0.1, 0.15) is 11.6 Å². The minimum absolute atomic E-state index is 0.672. The van der Waals surface area contributed by atoms with Crippen molar-refractivity contribution in [2.24, 2.45) is 0 Å². The number of methoxy groups -OCH3 is 1. The summed E-state index contributed by atoms with van der Waals surface area (Å²) in [5.74, 6) is 2.17. The Kier molecular flexibility index (Phi) is 5.29. The van der Waals surface area contributed by atoms with Gasteiger partial charge in [-0.1, -0.05) is 24.3 Å². The molecule has 2 heterocycles. The van der Waals surface area contributed by atoms with E-state index < -0.39 is 0 Å². The number of benzene rings is 2. The van der Waals surface area contributed by atoms with Crippen molar-refractivity contribution < 1.29 is 4.74 Å². The summed E-state index contributed by atoms with van der Waals surface area (Å²) >= 11 is 0. The molecule has 7 nitrogen and oxygen atoms in total. The number of rotatable bonds is 7. The van der Waals surface area contributed by atoms with Gasteiger partial charge in [0.15, 0.2) is 5.65 Å². The minimum atomic E-state index is 0.672. The fourth-order valence-electron chi connectivity index (χ4n) is 3.24. The standard InChI is InChI=1S/C22H24N6O/c1-4-27(5-2)22-25-20(24-16-10-9-13-18(14-16)29-3)19-15-23-28(21(19)26-22)17-11-7-6-8-12-17/h6-15H,4-5H2,1-3H3,(H,24,25,26). The van der Waals surface area contributed by atoms with Crippen molar-refractivity contribution in [2.45, 2.75) is 13.8 Å². The molecule has 0 fully saturated rings. The summed E-state index contributed by atoms with van der Waals surface area (Å²) in [4.78, 5) is 11.8. The van der Waals surface area contributed by atoms with Gasteiger partial charge < -0.3 is 15.0 Å². The number of aromatic nitrogens is 4. The van der Waals surface area contributed by atoms with Gasteiger partial charge in [0.2, 0.25) is 5.95 Å². The maximum absolute atomic E-state index is 5.34. The number of para-hydroxylation sites is 1. The van der Waals surface area contributed by atoms with E-state index >= 15 is 0 Å². The molecule has 0 aliphatic rings. The zero-order valence-corrected chi connectivity index (χ0v) is 16.8. The van der Waals surface area contributed by atoms with Crippen LogP contribution in [0, 0.1) is 0 Å². The van der Waals surface area contributed by atoms with Gasteiger partial charge in [-0.2, -0.15) is 15.1 Å². The lowest BCUT2D eigenvalue weighted by Crippen LogP contribution is -2.24. The Hall–Kier alpha value is -3.61. The highest BCUT2D eigenvalue weighted by Gasteiger charge is 2.17. The molecule has 4 aromatic rings. The molecule has 0 bridgehead atoms. The minimum Gasteiger partial charge on any atom is -0.497 e. The maximum atomic E-state index is 5.34. The lowest BCUT2D eigenvalue weighted by molar-refractivity contribution is 0.415. The number of fused-ring (bicyclic) bond motifs is 1. The van der Waals surface area contributed by atoms with Crippen molar-refractivity contribution >= 4 is 28.5 Å². The lowest BCUT2D eigenvalue weighted by Gasteiger charge is -2.20. The Bertz CT molecular complexity index is 1100. The number of hydrogen-bond acceptors (Lipinski definition) is 6. The normalized spacial score (nSPS) is 10.9. The van der Waals surface area contributed by atoms with E-state index in [2.05, 4.69) is 29.2 Å². The molecule has 0 aliphatic carbocycles. The van der Waals surface area contributed by atoms with E-state index in [4.69, 9.17) is 14.7 Å². The van der Waals surface area contributed by atoms with Crippen LogP contribution in [0.3, 0.4) is 0 Å². The number of nitrogens with zero attached hydrogens (tertiary/aromatic N) is 5. The highest BCUT2D eigenvalue weighted by Crippen LogP contribution is 2.29. The van der Waals surface area contributed by atoms with Gasteiger partial charge in [-0.25, -0.2) is 4.68 Å². The molecule has 2 aromatic carbocycles. The van der Waals surface area contributed by atoms with Gasteiger partial charge in [0.25, 0.3) is 0 Å². The molecule has 148 valence electrons. The largest absolute Gasteiger partial charge is 0.497 e. The number of anilines is 3.